The van der Waals surface area contributed by atoms with E-state index in [1.54, 1.807) is 0 Å². The van der Waals surface area contributed by atoms with Crippen molar-refractivity contribution in [3.63, 3.8) is 0 Å². The number of rotatable bonds is 6. The van der Waals surface area contributed by atoms with E-state index in [1.807, 2.05) is 0 Å². The summed E-state index contributed by atoms with van der Waals surface area (Å²) < 4.78 is 2.35. The molecule has 2 nitrogen and oxygen atoms in total. The van der Waals surface area contributed by atoms with Crippen molar-refractivity contribution in [2.45, 2.75) is 45.7 Å². The molecule has 15 heavy (non-hydrogen) atoms. The van der Waals surface area contributed by atoms with Gasteiger partial charge in [-0.1, -0.05) is 13.3 Å². The number of hydrogen-bond acceptors (Lipinski definition) is 1. The maximum absolute atomic E-state index is 3.57. The molecule has 0 aliphatic heterocycles. The highest BCUT2D eigenvalue weighted by molar-refractivity contribution is 5.06. The van der Waals surface area contributed by atoms with Crippen molar-refractivity contribution in [2.75, 3.05) is 6.54 Å². The van der Waals surface area contributed by atoms with Crippen LogP contribution in [0.5, 0.6) is 0 Å². The minimum atomic E-state index is 0.958. The SMILES string of the molecule is CCCn1cccc1CNCC1CCC1. The topological polar surface area (TPSA) is 17.0 Å². The fraction of sp³-hybridized carbons (Fsp3) is 0.692. The van der Waals surface area contributed by atoms with Crippen LogP contribution in [-0.2, 0) is 13.1 Å². The van der Waals surface area contributed by atoms with Crippen molar-refractivity contribution in [3.05, 3.63) is 24.0 Å². The molecular formula is C13H22N2. The van der Waals surface area contributed by atoms with Gasteiger partial charge in [0.15, 0.2) is 0 Å². The lowest BCUT2D eigenvalue weighted by Crippen LogP contribution is -2.27. The molecule has 1 saturated carbocycles. The third-order valence-electron chi connectivity index (χ3n) is 3.35. The van der Waals surface area contributed by atoms with Crippen molar-refractivity contribution in [2.24, 2.45) is 5.92 Å². The molecule has 2 heteroatoms. The van der Waals surface area contributed by atoms with Gasteiger partial charge >= 0.3 is 0 Å². The summed E-state index contributed by atoms with van der Waals surface area (Å²) in [4.78, 5) is 0. The molecule has 2 rings (SSSR count). The summed E-state index contributed by atoms with van der Waals surface area (Å²) in [6.45, 7) is 5.61. The monoisotopic (exact) mass is 206 g/mol. The summed E-state index contributed by atoms with van der Waals surface area (Å²) in [5, 5.41) is 3.57. The Morgan fingerprint density at radius 3 is 3.00 bits per heavy atom. The maximum atomic E-state index is 3.57. The Hall–Kier alpha value is -0.760. The lowest BCUT2D eigenvalue weighted by atomic mass is 9.85. The van der Waals surface area contributed by atoms with Crippen LogP contribution in [0.1, 0.15) is 38.3 Å². The van der Waals surface area contributed by atoms with Gasteiger partial charge in [0, 0.05) is 25.0 Å². The van der Waals surface area contributed by atoms with Gasteiger partial charge in [0.25, 0.3) is 0 Å². The molecule has 1 fully saturated rings. The van der Waals surface area contributed by atoms with Gasteiger partial charge in [-0.3, -0.25) is 0 Å². The third-order valence-corrected chi connectivity index (χ3v) is 3.35. The second-order valence-electron chi connectivity index (χ2n) is 4.62. The van der Waals surface area contributed by atoms with Gasteiger partial charge in [-0.15, -0.1) is 0 Å². The second kappa shape index (κ2) is 5.36. The molecular weight excluding hydrogens is 184 g/mol. The highest BCUT2D eigenvalue weighted by Gasteiger charge is 2.16. The smallest absolute Gasteiger partial charge is 0.0359 e. The molecule has 1 N–H and O–H groups in total. The van der Waals surface area contributed by atoms with Gasteiger partial charge in [-0.25, -0.2) is 0 Å². The van der Waals surface area contributed by atoms with E-state index in [4.69, 9.17) is 0 Å². The summed E-state index contributed by atoms with van der Waals surface area (Å²) in [5.41, 5.74) is 1.43. The van der Waals surface area contributed by atoms with Gasteiger partial charge in [-0.2, -0.15) is 0 Å². The molecule has 0 spiro atoms. The minimum Gasteiger partial charge on any atom is -0.350 e. The highest BCUT2D eigenvalue weighted by Crippen LogP contribution is 2.25. The van der Waals surface area contributed by atoms with Gasteiger partial charge in [0.05, 0.1) is 0 Å². The number of nitrogens with one attached hydrogen (secondary N) is 1. The van der Waals surface area contributed by atoms with Gasteiger partial charge < -0.3 is 9.88 Å². The first-order chi connectivity index (χ1) is 7.40. The Morgan fingerprint density at radius 1 is 1.47 bits per heavy atom. The first-order valence-corrected chi connectivity index (χ1v) is 6.25. The Balaban J connectivity index is 1.73. The van der Waals surface area contributed by atoms with E-state index in [1.165, 1.54) is 37.9 Å². The first-order valence-electron chi connectivity index (χ1n) is 6.25. The zero-order valence-electron chi connectivity index (χ0n) is 9.71. The van der Waals surface area contributed by atoms with Crippen molar-refractivity contribution in [3.8, 4) is 0 Å². The van der Waals surface area contributed by atoms with E-state index in [9.17, 15) is 0 Å². The molecule has 0 atom stereocenters. The third kappa shape index (κ3) is 2.85. The normalized spacial score (nSPS) is 16.6. The zero-order chi connectivity index (χ0) is 10.5. The van der Waals surface area contributed by atoms with Crippen molar-refractivity contribution in [1.29, 1.82) is 0 Å². The predicted molar refractivity (Wildman–Crippen MR) is 63.8 cm³/mol. The number of hydrogen-bond donors (Lipinski definition) is 1. The van der Waals surface area contributed by atoms with Crippen LogP contribution in [0.15, 0.2) is 18.3 Å². The van der Waals surface area contributed by atoms with Crippen molar-refractivity contribution >= 4 is 0 Å². The maximum Gasteiger partial charge on any atom is 0.0359 e. The van der Waals surface area contributed by atoms with Gasteiger partial charge in [0.2, 0.25) is 0 Å². The van der Waals surface area contributed by atoms with E-state index >= 15 is 0 Å². The van der Waals surface area contributed by atoms with Gasteiger partial charge in [-0.05, 0) is 43.9 Å². The lowest BCUT2D eigenvalue weighted by Gasteiger charge is -2.25. The molecule has 1 aliphatic carbocycles. The van der Waals surface area contributed by atoms with E-state index in [-0.39, 0.29) is 0 Å². The van der Waals surface area contributed by atoms with Crippen LogP contribution in [-0.4, -0.2) is 11.1 Å². The molecule has 84 valence electrons. The molecule has 1 aromatic heterocycles. The summed E-state index contributed by atoms with van der Waals surface area (Å²) >= 11 is 0. The Bertz CT molecular complexity index is 286. The fourth-order valence-corrected chi connectivity index (χ4v) is 2.17. The standard InChI is InChI=1S/C13H22N2/c1-2-8-15-9-4-7-13(15)11-14-10-12-5-3-6-12/h4,7,9,12,14H,2-3,5-6,8,10-11H2,1H3. The Kier molecular flexibility index (Phi) is 3.84. The highest BCUT2D eigenvalue weighted by atomic mass is 15.0. The molecule has 1 aliphatic rings. The summed E-state index contributed by atoms with van der Waals surface area (Å²) in [6, 6.07) is 4.37. The first kappa shape index (κ1) is 10.7. The van der Waals surface area contributed by atoms with E-state index < -0.39 is 0 Å². The predicted octanol–water partition coefficient (Wildman–Crippen LogP) is 2.79. The average molecular weight is 206 g/mol. The minimum absolute atomic E-state index is 0.958. The molecule has 0 radical (unpaired) electrons. The van der Waals surface area contributed by atoms with Crippen LogP contribution in [0.25, 0.3) is 0 Å². The second-order valence-corrected chi connectivity index (χ2v) is 4.62. The summed E-state index contributed by atoms with van der Waals surface area (Å²) in [6.07, 6.45) is 7.71. The van der Waals surface area contributed by atoms with Crippen molar-refractivity contribution in [1.82, 2.24) is 9.88 Å². The summed E-state index contributed by atoms with van der Waals surface area (Å²) in [7, 11) is 0. The summed E-state index contributed by atoms with van der Waals surface area (Å²) in [5.74, 6) is 0.958. The average Bonchev–Trinajstić information content (AvgIpc) is 2.58. The van der Waals surface area contributed by atoms with E-state index in [0.717, 1.165) is 19.0 Å². The quantitative estimate of drug-likeness (QED) is 0.757. The molecule has 0 saturated heterocycles. The van der Waals surface area contributed by atoms with E-state index in [2.05, 4.69) is 35.1 Å². The zero-order valence-corrected chi connectivity index (χ0v) is 9.71. The molecule has 1 heterocycles. The molecule has 0 aromatic carbocycles. The van der Waals surface area contributed by atoms with Crippen LogP contribution in [0.4, 0.5) is 0 Å². The molecule has 0 amide bonds. The lowest BCUT2D eigenvalue weighted by molar-refractivity contribution is 0.300. The molecule has 1 aromatic rings. The van der Waals surface area contributed by atoms with Crippen LogP contribution < -0.4 is 5.32 Å². The number of nitrogens with zero attached hydrogens (tertiary/aromatic N) is 1. The molecule has 0 bridgehead atoms. The van der Waals surface area contributed by atoms with Crippen LogP contribution in [0.2, 0.25) is 0 Å². The number of aryl methyl sites for hydroxylation is 1. The molecule has 0 unspecified atom stereocenters. The van der Waals surface area contributed by atoms with Crippen molar-refractivity contribution < 1.29 is 0 Å². The number of aromatic nitrogens is 1. The van der Waals surface area contributed by atoms with Gasteiger partial charge in [0.1, 0.15) is 0 Å². The Morgan fingerprint density at radius 2 is 2.33 bits per heavy atom. The van der Waals surface area contributed by atoms with Crippen LogP contribution in [0.3, 0.4) is 0 Å². The Labute approximate surface area is 92.7 Å². The van der Waals surface area contributed by atoms with E-state index in [0.29, 0.717) is 0 Å². The van der Waals surface area contributed by atoms with Crippen LogP contribution in [0, 0.1) is 5.92 Å². The largest absolute Gasteiger partial charge is 0.350 e. The fourth-order valence-electron chi connectivity index (χ4n) is 2.17. The van der Waals surface area contributed by atoms with Crippen LogP contribution >= 0.6 is 0 Å².